The summed E-state index contributed by atoms with van der Waals surface area (Å²) in [7, 11) is -3.64. The van der Waals surface area contributed by atoms with Crippen LogP contribution in [0.15, 0.2) is 53.4 Å². The predicted octanol–water partition coefficient (Wildman–Crippen LogP) is 2.76. The summed E-state index contributed by atoms with van der Waals surface area (Å²) in [5.74, 6) is 0.0286. The number of anilines is 2. The van der Waals surface area contributed by atoms with E-state index < -0.39 is 10.0 Å². The molecule has 2 aromatic carbocycles. The van der Waals surface area contributed by atoms with Crippen LogP contribution in [0.1, 0.15) is 18.9 Å². The highest BCUT2D eigenvalue weighted by Gasteiger charge is 2.25. The van der Waals surface area contributed by atoms with Gasteiger partial charge in [0.2, 0.25) is 15.9 Å². The highest BCUT2D eigenvalue weighted by molar-refractivity contribution is 7.89. The standard InChI is InChI=1S/C20H25N3O3S/c1-15-8-9-18(22-16(2)24)12-20(15)27(25,26)21-13-17-10-11-23(14-17)19-6-4-3-5-7-19/h3-9,12,17,21H,10-11,13-14H2,1-2H3,(H,22,24). The number of hydrogen-bond donors (Lipinski definition) is 2. The number of hydrogen-bond acceptors (Lipinski definition) is 4. The van der Waals surface area contributed by atoms with Crippen LogP contribution >= 0.6 is 0 Å². The Morgan fingerprint density at radius 1 is 1.19 bits per heavy atom. The molecule has 1 amide bonds. The number of amides is 1. The Labute approximate surface area is 160 Å². The third-order valence-electron chi connectivity index (χ3n) is 4.77. The van der Waals surface area contributed by atoms with E-state index in [1.165, 1.54) is 18.7 Å². The molecule has 1 unspecified atom stereocenters. The third kappa shape index (κ3) is 4.87. The number of para-hydroxylation sites is 1. The van der Waals surface area contributed by atoms with E-state index in [0.717, 1.165) is 19.5 Å². The molecular formula is C20H25N3O3S. The Morgan fingerprint density at radius 2 is 1.93 bits per heavy atom. The minimum absolute atomic E-state index is 0.201. The summed E-state index contributed by atoms with van der Waals surface area (Å²) in [5, 5.41) is 2.63. The van der Waals surface area contributed by atoms with Gasteiger partial charge in [0.15, 0.2) is 0 Å². The molecule has 0 aromatic heterocycles. The van der Waals surface area contributed by atoms with Gasteiger partial charge >= 0.3 is 0 Å². The highest BCUT2D eigenvalue weighted by Crippen LogP contribution is 2.24. The zero-order chi connectivity index (χ0) is 19.4. The van der Waals surface area contributed by atoms with Crippen molar-refractivity contribution >= 4 is 27.3 Å². The zero-order valence-corrected chi connectivity index (χ0v) is 16.4. The van der Waals surface area contributed by atoms with Gasteiger partial charge < -0.3 is 10.2 Å². The Morgan fingerprint density at radius 3 is 2.63 bits per heavy atom. The molecule has 1 atom stereocenters. The van der Waals surface area contributed by atoms with Crippen molar-refractivity contribution in [2.75, 3.05) is 29.9 Å². The molecule has 0 aliphatic carbocycles. The first-order chi connectivity index (χ1) is 12.8. The largest absolute Gasteiger partial charge is 0.371 e. The van der Waals surface area contributed by atoms with E-state index in [0.29, 0.717) is 17.8 Å². The second-order valence-electron chi connectivity index (χ2n) is 6.95. The molecule has 0 radical (unpaired) electrons. The second kappa shape index (κ2) is 8.10. The van der Waals surface area contributed by atoms with Crippen molar-refractivity contribution in [2.24, 2.45) is 5.92 Å². The smallest absolute Gasteiger partial charge is 0.240 e. The molecule has 3 rings (SSSR count). The molecular weight excluding hydrogens is 362 g/mol. The minimum Gasteiger partial charge on any atom is -0.371 e. The number of rotatable bonds is 6. The number of benzene rings is 2. The Hall–Kier alpha value is -2.38. The summed E-state index contributed by atoms with van der Waals surface area (Å²) in [6, 6.07) is 15.1. The van der Waals surface area contributed by atoms with Crippen LogP contribution in [0.2, 0.25) is 0 Å². The first-order valence-corrected chi connectivity index (χ1v) is 10.5. The maximum Gasteiger partial charge on any atom is 0.240 e. The summed E-state index contributed by atoms with van der Waals surface area (Å²) in [6.07, 6.45) is 0.947. The molecule has 1 aliphatic rings. The molecule has 0 saturated carbocycles. The number of nitrogens with zero attached hydrogens (tertiary/aromatic N) is 1. The topological polar surface area (TPSA) is 78.5 Å². The van der Waals surface area contributed by atoms with Crippen molar-refractivity contribution in [3.8, 4) is 0 Å². The van der Waals surface area contributed by atoms with E-state index >= 15 is 0 Å². The summed E-state index contributed by atoms with van der Waals surface area (Å²) in [4.78, 5) is 13.7. The van der Waals surface area contributed by atoms with Gasteiger partial charge in [-0.15, -0.1) is 0 Å². The van der Waals surface area contributed by atoms with E-state index in [4.69, 9.17) is 0 Å². The van der Waals surface area contributed by atoms with Crippen molar-refractivity contribution in [2.45, 2.75) is 25.2 Å². The predicted molar refractivity (Wildman–Crippen MR) is 107 cm³/mol. The van der Waals surface area contributed by atoms with E-state index in [1.807, 2.05) is 18.2 Å². The molecule has 0 spiro atoms. The first kappa shape index (κ1) is 19.4. The van der Waals surface area contributed by atoms with Crippen LogP contribution in [-0.4, -0.2) is 34.0 Å². The fourth-order valence-corrected chi connectivity index (χ4v) is 4.73. The monoisotopic (exact) mass is 387 g/mol. The van der Waals surface area contributed by atoms with Gasteiger partial charge in [-0.1, -0.05) is 24.3 Å². The summed E-state index contributed by atoms with van der Waals surface area (Å²) in [5.41, 5.74) is 2.29. The van der Waals surface area contributed by atoms with Crippen molar-refractivity contribution < 1.29 is 13.2 Å². The van der Waals surface area contributed by atoms with Crippen molar-refractivity contribution in [1.29, 1.82) is 0 Å². The van der Waals surface area contributed by atoms with Crippen molar-refractivity contribution in [1.82, 2.24) is 4.72 Å². The molecule has 2 N–H and O–H groups in total. The fourth-order valence-electron chi connectivity index (χ4n) is 3.35. The molecule has 1 heterocycles. The fraction of sp³-hybridized carbons (Fsp3) is 0.350. The molecule has 27 heavy (non-hydrogen) atoms. The van der Waals surface area contributed by atoms with E-state index in [1.54, 1.807) is 19.1 Å². The van der Waals surface area contributed by atoms with E-state index in [2.05, 4.69) is 27.1 Å². The van der Waals surface area contributed by atoms with Gasteiger partial charge in [-0.2, -0.15) is 0 Å². The third-order valence-corrected chi connectivity index (χ3v) is 6.33. The van der Waals surface area contributed by atoms with Gasteiger partial charge in [0.1, 0.15) is 0 Å². The lowest BCUT2D eigenvalue weighted by Gasteiger charge is -2.19. The molecule has 0 bridgehead atoms. The normalized spacial score (nSPS) is 17.1. The highest BCUT2D eigenvalue weighted by atomic mass is 32.2. The van der Waals surface area contributed by atoms with Crippen LogP contribution in [0.4, 0.5) is 11.4 Å². The SMILES string of the molecule is CC(=O)Nc1ccc(C)c(S(=O)(=O)NCC2CCN(c3ccccc3)C2)c1. The average Bonchev–Trinajstić information content (AvgIpc) is 3.11. The van der Waals surface area contributed by atoms with Crippen LogP contribution in [0, 0.1) is 12.8 Å². The van der Waals surface area contributed by atoms with Gasteiger partial charge in [-0.3, -0.25) is 4.79 Å². The van der Waals surface area contributed by atoms with Crippen molar-refractivity contribution in [3.63, 3.8) is 0 Å². The summed E-state index contributed by atoms with van der Waals surface area (Å²) in [6.45, 7) is 5.30. The lowest BCUT2D eigenvalue weighted by Crippen LogP contribution is -2.31. The van der Waals surface area contributed by atoms with Crippen LogP contribution in [0.25, 0.3) is 0 Å². The second-order valence-corrected chi connectivity index (χ2v) is 8.69. The lowest BCUT2D eigenvalue weighted by atomic mass is 10.1. The maximum absolute atomic E-state index is 12.8. The molecule has 1 fully saturated rings. The van der Waals surface area contributed by atoms with Crippen LogP contribution in [0.5, 0.6) is 0 Å². The van der Waals surface area contributed by atoms with Gasteiger partial charge in [-0.05, 0) is 49.1 Å². The summed E-state index contributed by atoms with van der Waals surface area (Å²) >= 11 is 0. The molecule has 2 aromatic rings. The molecule has 6 nitrogen and oxygen atoms in total. The molecule has 1 saturated heterocycles. The Balaban J connectivity index is 1.65. The number of aryl methyl sites for hydroxylation is 1. The first-order valence-electron chi connectivity index (χ1n) is 9.03. The van der Waals surface area contributed by atoms with Gasteiger partial charge in [0.05, 0.1) is 4.90 Å². The van der Waals surface area contributed by atoms with Crippen LogP contribution in [-0.2, 0) is 14.8 Å². The molecule has 7 heteroatoms. The number of carbonyl (C=O) groups is 1. The number of nitrogens with one attached hydrogen (secondary N) is 2. The Bertz CT molecular complexity index is 913. The quantitative estimate of drug-likeness (QED) is 0.799. The van der Waals surface area contributed by atoms with Gasteiger partial charge in [-0.25, -0.2) is 13.1 Å². The Kier molecular flexibility index (Phi) is 5.82. The van der Waals surface area contributed by atoms with E-state index in [9.17, 15) is 13.2 Å². The lowest BCUT2D eigenvalue weighted by molar-refractivity contribution is -0.114. The maximum atomic E-state index is 12.8. The van der Waals surface area contributed by atoms with Gasteiger partial charge in [0.25, 0.3) is 0 Å². The van der Waals surface area contributed by atoms with Crippen LogP contribution < -0.4 is 14.9 Å². The number of carbonyl (C=O) groups excluding carboxylic acids is 1. The molecule has 144 valence electrons. The average molecular weight is 388 g/mol. The summed E-state index contributed by atoms with van der Waals surface area (Å²) < 4.78 is 28.3. The van der Waals surface area contributed by atoms with Crippen molar-refractivity contribution in [3.05, 3.63) is 54.1 Å². The zero-order valence-electron chi connectivity index (χ0n) is 15.6. The van der Waals surface area contributed by atoms with Gasteiger partial charge in [0, 0.05) is 37.9 Å². The number of sulfonamides is 1. The van der Waals surface area contributed by atoms with Crippen LogP contribution in [0.3, 0.4) is 0 Å². The van der Waals surface area contributed by atoms with E-state index in [-0.39, 0.29) is 16.7 Å². The molecule has 1 aliphatic heterocycles. The minimum atomic E-state index is -3.64.